The van der Waals surface area contributed by atoms with Gasteiger partial charge in [-0.1, -0.05) is 305 Å². The summed E-state index contributed by atoms with van der Waals surface area (Å²) in [6.45, 7) is 3.69. The third kappa shape index (κ3) is 47.8. The highest BCUT2D eigenvalue weighted by Gasteiger charge is 2.44. The quantitative estimate of drug-likeness (QED) is 0.0261. The molecule has 0 bridgehead atoms. The van der Waals surface area contributed by atoms with E-state index in [9.17, 15) is 30.3 Å². The first kappa shape index (κ1) is 74.6. The fraction of sp³-hybridized carbons (Fsp3) is 0.814. The molecule has 0 saturated carbocycles. The summed E-state index contributed by atoms with van der Waals surface area (Å²) in [7, 11) is 0. The number of ether oxygens (including phenoxy) is 2. The molecule has 0 aliphatic carbocycles. The molecule has 1 heterocycles. The van der Waals surface area contributed by atoms with Crippen molar-refractivity contribution in [2.75, 3.05) is 13.2 Å². The zero-order valence-electron chi connectivity index (χ0n) is 51.4. The Labute approximate surface area is 487 Å². The van der Waals surface area contributed by atoms with Crippen molar-refractivity contribution in [3.8, 4) is 0 Å². The molecule has 1 aliphatic heterocycles. The lowest BCUT2D eigenvalue weighted by Gasteiger charge is -2.40. The van der Waals surface area contributed by atoms with E-state index >= 15 is 0 Å². The van der Waals surface area contributed by atoms with E-state index in [1.807, 2.05) is 6.08 Å². The van der Waals surface area contributed by atoms with Gasteiger partial charge in [0.25, 0.3) is 0 Å². The summed E-state index contributed by atoms with van der Waals surface area (Å²) in [5, 5.41) is 54.7. The summed E-state index contributed by atoms with van der Waals surface area (Å²) < 4.78 is 11.3. The van der Waals surface area contributed by atoms with Crippen LogP contribution in [-0.4, -0.2) is 87.5 Å². The third-order valence-corrected chi connectivity index (χ3v) is 15.8. The number of carbonyl (C=O) groups is 1. The summed E-state index contributed by atoms with van der Waals surface area (Å²) in [5.74, 6) is -0.186. The molecule has 0 spiro atoms. The Morgan fingerprint density at radius 1 is 0.443 bits per heavy atom. The number of aliphatic hydroxyl groups is 5. The van der Waals surface area contributed by atoms with Crippen LogP contribution < -0.4 is 5.32 Å². The molecular weight excluding hydrogens is 983 g/mol. The molecule has 6 N–H and O–H groups in total. The van der Waals surface area contributed by atoms with Gasteiger partial charge >= 0.3 is 0 Å². The van der Waals surface area contributed by atoms with Crippen LogP contribution in [0.2, 0.25) is 0 Å². The number of hydrogen-bond acceptors (Lipinski definition) is 8. The Morgan fingerprint density at radius 2 is 0.797 bits per heavy atom. The first-order chi connectivity index (χ1) is 38.8. The molecule has 9 nitrogen and oxygen atoms in total. The monoisotopic (exact) mass is 1110 g/mol. The van der Waals surface area contributed by atoms with Crippen molar-refractivity contribution >= 4 is 5.91 Å². The van der Waals surface area contributed by atoms with Crippen LogP contribution in [0, 0.1) is 0 Å². The SMILES string of the molecule is CC/C=C\C/C=C\C/C=C\C/C=C\CCCCCCCCCCCCCCCCC(=O)NC(COC1OC(CO)C(O)C(O)C1O)C(O)/C=C/CC/C=C/CCCCCCCCCCCCCCCCCCCCCCCCC. The van der Waals surface area contributed by atoms with E-state index in [0.717, 1.165) is 64.2 Å². The molecule has 1 fully saturated rings. The molecule has 0 aromatic heterocycles. The van der Waals surface area contributed by atoms with E-state index in [1.165, 1.54) is 225 Å². The number of aliphatic hydroxyl groups excluding tert-OH is 5. The fourth-order valence-corrected chi connectivity index (χ4v) is 10.5. The van der Waals surface area contributed by atoms with Gasteiger partial charge in [-0.15, -0.1) is 0 Å². The predicted molar refractivity (Wildman–Crippen MR) is 336 cm³/mol. The van der Waals surface area contributed by atoms with E-state index in [1.54, 1.807) is 6.08 Å². The highest BCUT2D eigenvalue weighted by Crippen LogP contribution is 2.23. The van der Waals surface area contributed by atoms with Crippen molar-refractivity contribution in [3.05, 3.63) is 72.9 Å². The standard InChI is InChI=1S/C70H127NO8/c1-3-5-7-9-11-13-15-17-19-21-23-25-27-29-31-32-34-35-37-39-41-43-45-47-49-51-53-55-57-59-64(73)63(62-78-70-69(77)68(76)67(75)65(61-72)79-70)71-66(74)60-58-56-54-52-50-48-46-44-42-40-38-36-33-30-28-26-24-22-20-18-16-14-12-10-8-6-4-2/h6,8,12,14,18,20,24,26,49,51,57,59,63-65,67-70,72-73,75-77H,3-5,7,9-11,13,15-17,19,21-23,25,27-48,50,52-56,58,60-62H2,1-2H3,(H,71,74)/b8-6-,14-12-,20-18-,26-24-,51-49+,59-57+. The molecule has 7 unspecified atom stereocenters. The van der Waals surface area contributed by atoms with E-state index in [2.05, 4.69) is 79.9 Å². The van der Waals surface area contributed by atoms with Crippen molar-refractivity contribution in [3.63, 3.8) is 0 Å². The second-order valence-electron chi connectivity index (χ2n) is 23.2. The Kier molecular flexibility index (Phi) is 55.6. The molecule has 460 valence electrons. The Hall–Kier alpha value is -2.37. The minimum atomic E-state index is -1.58. The number of rotatable bonds is 58. The highest BCUT2D eigenvalue weighted by molar-refractivity contribution is 5.76. The van der Waals surface area contributed by atoms with Crippen LogP contribution in [-0.2, 0) is 14.3 Å². The average molecular weight is 1110 g/mol. The van der Waals surface area contributed by atoms with Gasteiger partial charge in [0.15, 0.2) is 6.29 Å². The van der Waals surface area contributed by atoms with Crippen LogP contribution in [0.25, 0.3) is 0 Å². The predicted octanol–water partition coefficient (Wildman–Crippen LogP) is 18.0. The number of unbranched alkanes of at least 4 members (excludes halogenated alkanes) is 38. The fourth-order valence-electron chi connectivity index (χ4n) is 10.5. The second kappa shape index (κ2) is 58.8. The van der Waals surface area contributed by atoms with Gasteiger partial charge < -0.3 is 40.3 Å². The maximum atomic E-state index is 13.1. The molecule has 9 heteroatoms. The molecule has 1 saturated heterocycles. The molecule has 1 rings (SSSR count). The minimum Gasteiger partial charge on any atom is -0.394 e. The van der Waals surface area contributed by atoms with Gasteiger partial charge in [-0.2, -0.15) is 0 Å². The van der Waals surface area contributed by atoms with Crippen molar-refractivity contribution in [1.82, 2.24) is 5.32 Å². The lowest BCUT2D eigenvalue weighted by molar-refractivity contribution is -0.302. The first-order valence-corrected chi connectivity index (χ1v) is 33.7. The maximum Gasteiger partial charge on any atom is 0.220 e. The lowest BCUT2D eigenvalue weighted by atomic mass is 9.99. The number of hydrogen-bond donors (Lipinski definition) is 6. The summed E-state index contributed by atoms with van der Waals surface area (Å²) in [6, 6.07) is -0.827. The topological polar surface area (TPSA) is 149 Å². The zero-order valence-corrected chi connectivity index (χ0v) is 51.4. The van der Waals surface area contributed by atoms with Crippen molar-refractivity contribution < 1.29 is 39.8 Å². The van der Waals surface area contributed by atoms with Gasteiger partial charge in [0.1, 0.15) is 24.4 Å². The van der Waals surface area contributed by atoms with Crippen LogP contribution >= 0.6 is 0 Å². The van der Waals surface area contributed by atoms with Crippen molar-refractivity contribution in [2.24, 2.45) is 0 Å². The Bertz CT molecular complexity index is 1470. The van der Waals surface area contributed by atoms with E-state index in [4.69, 9.17) is 9.47 Å². The van der Waals surface area contributed by atoms with Crippen molar-refractivity contribution in [2.45, 2.75) is 352 Å². The van der Waals surface area contributed by atoms with Gasteiger partial charge in [0, 0.05) is 6.42 Å². The average Bonchev–Trinajstić information content (AvgIpc) is 3.47. The van der Waals surface area contributed by atoms with Gasteiger partial charge in [0.2, 0.25) is 5.91 Å². The van der Waals surface area contributed by atoms with Gasteiger partial charge in [0.05, 0.1) is 25.4 Å². The van der Waals surface area contributed by atoms with E-state index in [-0.39, 0.29) is 12.5 Å². The molecule has 0 radical (unpaired) electrons. The second-order valence-corrected chi connectivity index (χ2v) is 23.2. The number of nitrogens with one attached hydrogen (secondary N) is 1. The molecular formula is C70H127NO8. The van der Waals surface area contributed by atoms with Gasteiger partial charge in [-0.25, -0.2) is 0 Å². The Balaban J connectivity index is 2.17. The van der Waals surface area contributed by atoms with Gasteiger partial charge in [-0.05, 0) is 70.6 Å². The number of carbonyl (C=O) groups excluding carboxylic acids is 1. The zero-order chi connectivity index (χ0) is 57.2. The summed E-state index contributed by atoms with van der Waals surface area (Å²) >= 11 is 0. The van der Waals surface area contributed by atoms with Crippen LogP contribution in [0.5, 0.6) is 0 Å². The minimum absolute atomic E-state index is 0.186. The highest BCUT2D eigenvalue weighted by atomic mass is 16.7. The molecule has 0 aromatic rings. The summed E-state index contributed by atoms with van der Waals surface area (Å²) in [5.41, 5.74) is 0. The molecule has 79 heavy (non-hydrogen) atoms. The maximum absolute atomic E-state index is 13.1. The molecule has 1 amide bonds. The van der Waals surface area contributed by atoms with Crippen LogP contribution in [0.4, 0.5) is 0 Å². The van der Waals surface area contributed by atoms with E-state index in [0.29, 0.717) is 6.42 Å². The lowest BCUT2D eigenvalue weighted by Crippen LogP contribution is -2.60. The number of amides is 1. The summed E-state index contributed by atoms with van der Waals surface area (Å²) in [6.07, 6.45) is 75.7. The largest absolute Gasteiger partial charge is 0.394 e. The molecule has 1 aliphatic rings. The summed E-state index contributed by atoms with van der Waals surface area (Å²) in [4.78, 5) is 13.1. The van der Waals surface area contributed by atoms with Crippen LogP contribution in [0.1, 0.15) is 309 Å². The molecule has 7 atom stereocenters. The van der Waals surface area contributed by atoms with Crippen LogP contribution in [0.3, 0.4) is 0 Å². The normalized spacial score (nSPS) is 19.0. The van der Waals surface area contributed by atoms with Crippen molar-refractivity contribution in [1.29, 1.82) is 0 Å². The van der Waals surface area contributed by atoms with Gasteiger partial charge in [-0.3, -0.25) is 4.79 Å². The molecule has 0 aromatic carbocycles. The third-order valence-electron chi connectivity index (χ3n) is 15.8. The number of allylic oxidation sites excluding steroid dienone is 11. The smallest absolute Gasteiger partial charge is 0.220 e. The van der Waals surface area contributed by atoms with E-state index < -0.39 is 49.5 Å². The first-order valence-electron chi connectivity index (χ1n) is 33.7. The Morgan fingerprint density at radius 3 is 1.22 bits per heavy atom. The van der Waals surface area contributed by atoms with Crippen LogP contribution in [0.15, 0.2) is 72.9 Å².